The quantitative estimate of drug-likeness (QED) is 0.874. The summed E-state index contributed by atoms with van der Waals surface area (Å²) in [6.45, 7) is 0.438. The number of anilines is 2. The number of carbonyl (C=O) groups excluding carboxylic acids is 3. The summed E-state index contributed by atoms with van der Waals surface area (Å²) in [4.78, 5) is 38.1. The molecule has 2 aliphatic heterocycles. The van der Waals surface area contributed by atoms with Gasteiger partial charge < -0.3 is 14.8 Å². The highest BCUT2D eigenvalue weighted by atomic mass is 16.6. The molecule has 1 fully saturated rings. The van der Waals surface area contributed by atoms with Gasteiger partial charge in [0.25, 0.3) is 5.91 Å². The predicted molar refractivity (Wildman–Crippen MR) is 81.6 cm³/mol. The van der Waals surface area contributed by atoms with Gasteiger partial charge in [0.05, 0.1) is 18.8 Å². The fourth-order valence-corrected chi connectivity index (χ4v) is 2.68. The number of nitrogens with zero attached hydrogens (tertiary/aromatic N) is 2. The van der Waals surface area contributed by atoms with Gasteiger partial charge in [0.2, 0.25) is 0 Å². The fourth-order valence-electron chi connectivity index (χ4n) is 2.68. The van der Waals surface area contributed by atoms with E-state index < -0.39 is 18.3 Å². The van der Waals surface area contributed by atoms with E-state index in [9.17, 15) is 14.4 Å². The highest BCUT2D eigenvalue weighted by molar-refractivity contribution is 5.96. The summed E-state index contributed by atoms with van der Waals surface area (Å²) in [5, 5.41) is 2.46. The average Bonchev–Trinajstić information content (AvgIpc) is 2.88. The van der Waals surface area contributed by atoms with E-state index in [4.69, 9.17) is 9.47 Å². The maximum absolute atomic E-state index is 12.0. The topological polar surface area (TPSA) is 88.2 Å². The first-order valence-electron chi connectivity index (χ1n) is 7.24. The first kappa shape index (κ1) is 15.1. The van der Waals surface area contributed by atoms with Crippen LogP contribution in [0.3, 0.4) is 0 Å². The van der Waals surface area contributed by atoms with Gasteiger partial charge in [-0.05, 0) is 23.8 Å². The molecular weight excluding hydrogens is 302 g/mol. The number of carbonyl (C=O) groups is 3. The number of hydrogen-bond acceptors (Lipinski definition) is 5. The van der Waals surface area contributed by atoms with Gasteiger partial charge in [-0.25, -0.2) is 9.59 Å². The average molecular weight is 319 g/mol. The summed E-state index contributed by atoms with van der Waals surface area (Å²) in [5.74, 6) is -0.339. The molecule has 8 heteroatoms. The van der Waals surface area contributed by atoms with Crippen molar-refractivity contribution in [2.75, 3.05) is 37.0 Å². The molecule has 1 aromatic rings. The van der Waals surface area contributed by atoms with E-state index in [2.05, 4.69) is 5.32 Å². The number of amides is 3. The molecule has 0 unspecified atom stereocenters. The Balaban J connectivity index is 1.88. The number of fused-ring (bicyclic) bond motifs is 1. The second-order valence-corrected chi connectivity index (χ2v) is 5.33. The first-order valence-corrected chi connectivity index (χ1v) is 7.24. The van der Waals surface area contributed by atoms with Crippen molar-refractivity contribution in [3.8, 4) is 0 Å². The molecule has 122 valence electrons. The molecule has 3 amide bonds. The molecule has 2 heterocycles. The number of hydrogen-bond donors (Lipinski definition) is 1. The molecule has 0 spiro atoms. The van der Waals surface area contributed by atoms with Gasteiger partial charge in [0, 0.05) is 26.2 Å². The number of nitrogens with one attached hydrogen (secondary N) is 1. The lowest BCUT2D eigenvalue weighted by molar-refractivity contribution is -0.127. The molecule has 0 radical (unpaired) electrons. The van der Waals surface area contributed by atoms with Crippen LogP contribution < -0.4 is 15.1 Å². The highest BCUT2D eigenvalue weighted by Crippen LogP contribution is 2.30. The number of likely N-dealkylation sites (N-methyl/N-ethyl adjacent to an activating group) is 1. The van der Waals surface area contributed by atoms with E-state index in [1.165, 1.54) is 16.8 Å². The summed E-state index contributed by atoms with van der Waals surface area (Å²) in [6.07, 6.45) is -1.23. The molecule has 0 saturated carbocycles. The standard InChI is InChI=1S/C15H17N3O5/c1-16-13(19)12-8-18(15(21)23-12)10-3-4-11-9(7-10)5-6-22-14(20)17(11)2/h3-4,7,12H,5-6,8H2,1-2H3,(H,16,19)/t12-/m1/s1. The van der Waals surface area contributed by atoms with Crippen molar-refractivity contribution < 1.29 is 23.9 Å². The Morgan fingerprint density at radius 3 is 2.83 bits per heavy atom. The predicted octanol–water partition coefficient (Wildman–Crippen LogP) is 0.887. The Kier molecular flexibility index (Phi) is 3.81. The maximum Gasteiger partial charge on any atom is 0.415 e. The third-order valence-corrected chi connectivity index (χ3v) is 3.96. The number of rotatable bonds is 2. The molecular formula is C15H17N3O5. The first-order chi connectivity index (χ1) is 11.0. The van der Waals surface area contributed by atoms with Crippen LogP contribution in [0.4, 0.5) is 21.0 Å². The Hall–Kier alpha value is -2.77. The summed E-state index contributed by atoms with van der Waals surface area (Å²) in [5.41, 5.74) is 2.27. The minimum absolute atomic E-state index is 0.155. The van der Waals surface area contributed by atoms with E-state index in [0.717, 1.165) is 11.3 Å². The zero-order chi connectivity index (χ0) is 16.6. The van der Waals surface area contributed by atoms with Crippen LogP contribution in [-0.4, -0.2) is 51.4 Å². The molecule has 0 aliphatic carbocycles. The molecule has 23 heavy (non-hydrogen) atoms. The normalized spacial score (nSPS) is 20.5. The Morgan fingerprint density at radius 2 is 2.09 bits per heavy atom. The zero-order valence-electron chi connectivity index (χ0n) is 12.9. The highest BCUT2D eigenvalue weighted by Gasteiger charge is 2.37. The second kappa shape index (κ2) is 5.79. The molecule has 8 nitrogen and oxygen atoms in total. The van der Waals surface area contributed by atoms with E-state index in [1.807, 2.05) is 6.07 Å². The fraction of sp³-hybridized carbons (Fsp3) is 0.400. The summed E-state index contributed by atoms with van der Waals surface area (Å²) in [6, 6.07) is 5.31. The van der Waals surface area contributed by atoms with Crippen LogP contribution in [-0.2, 0) is 20.7 Å². The number of benzene rings is 1. The lowest BCUT2D eigenvalue weighted by Gasteiger charge is -2.19. The van der Waals surface area contributed by atoms with Gasteiger partial charge in [-0.3, -0.25) is 14.6 Å². The smallest absolute Gasteiger partial charge is 0.415 e. The van der Waals surface area contributed by atoms with Crippen LogP contribution in [0.15, 0.2) is 18.2 Å². The van der Waals surface area contributed by atoms with Crippen LogP contribution in [0.2, 0.25) is 0 Å². The molecule has 2 aliphatic rings. The SMILES string of the molecule is CNC(=O)[C@H]1CN(c2ccc3c(c2)CCOC(=O)N3C)C(=O)O1. The van der Waals surface area contributed by atoms with Gasteiger partial charge in [0.1, 0.15) is 0 Å². The molecule has 0 bridgehead atoms. The second-order valence-electron chi connectivity index (χ2n) is 5.33. The number of cyclic esters (lactones) is 2. The molecule has 3 rings (SSSR count). The Morgan fingerprint density at radius 1 is 1.30 bits per heavy atom. The van der Waals surface area contributed by atoms with Gasteiger partial charge >= 0.3 is 12.2 Å². The van der Waals surface area contributed by atoms with E-state index >= 15 is 0 Å². The monoisotopic (exact) mass is 319 g/mol. The van der Waals surface area contributed by atoms with Crippen LogP contribution >= 0.6 is 0 Å². The molecule has 1 aromatic carbocycles. The number of ether oxygens (including phenoxy) is 2. The lowest BCUT2D eigenvalue weighted by Crippen LogP contribution is -2.35. The summed E-state index contributed by atoms with van der Waals surface area (Å²) >= 11 is 0. The van der Waals surface area contributed by atoms with Gasteiger partial charge in [0.15, 0.2) is 6.10 Å². The minimum Gasteiger partial charge on any atom is -0.449 e. The van der Waals surface area contributed by atoms with E-state index in [-0.39, 0.29) is 19.1 Å². The molecule has 0 aromatic heterocycles. The largest absolute Gasteiger partial charge is 0.449 e. The van der Waals surface area contributed by atoms with Gasteiger partial charge in [-0.1, -0.05) is 0 Å². The molecule has 1 saturated heterocycles. The molecule has 1 atom stereocenters. The zero-order valence-corrected chi connectivity index (χ0v) is 12.9. The third kappa shape index (κ3) is 2.67. The van der Waals surface area contributed by atoms with Crippen molar-refractivity contribution in [2.45, 2.75) is 12.5 Å². The van der Waals surface area contributed by atoms with Crippen LogP contribution in [0.5, 0.6) is 0 Å². The minimum atomic E-state index is -0.820. The van der Waals surface area contributed by atoms with Crippen molar-refractivity contribution in [3.05, 3.63) is 23.8 Å². The summed E-state index contributed by atoms with van der Waals surface area (Å²) < 4.78 is 10.1. The van der Waals surface area contributed by atoms with Crippen LogP contribution in [0.25, 0.3) is 0 Å². The van der Waals surface area contributed by atoms with Crippen molar-refractivity contribution >= 4 is 29.5 Å². The Labute approximate surface area is 132 Å². The van der Waals surface area contributed by atoms with E-state index in [0.29, 0.717) is 12.1 Å². The van der Waals surface area contributed by atoms with Crippen molar-refractivity contribution in [1.82, 2.24) is 5.32 Å². The van der Waals surface area contributed by atoms with E-state index in [1.54, 1.807) is 19.2 Å². The maximum atomic E-state index is 12.0. The third-order valence-electron chi connectivity index (χ3n) is 3.96. The van der Waals surface area contributed by atoms with Crippen LogP contribution in [0, 0.1) is 0 Å². The van der Waals surface area contributed by atoms with Gasteiger partial charge in [-0.15, -0.1) is 0 Å². The Bertz CT molecular complexity index is 675. The van der Waals surface area contributed by atoms with Gasteiger partial charge in [-0.2, -0.15) is 0 Å². The van der Waals surface area contributed by atoms with Crippen molar-refractivity contribution in [1.29, 1.82) is 0 Å². The van der Waals surface area contributed by atoms with Crippen molar-refractivity contribution in [3.63, 3.8) is 0 Å². The molecule has 1 N–H and O–H groups in total. The summed E-state index contributed by atoms with van der Waals surface area (Å²) in [7, 11) is 3.13. The van der Waals surface area contributed by atoms with Crippen molar-refractivity contribution in [2.24, 2.45) is 0 Å². The van der Waals surface area contributed by atoms with Crippen LogP contribution in [0.1, 0.15) is 5.56 Å². The lowest BCUT2D eigenvalue weighted by atomic mass is 10.1.